The summed E-state index contributed by atoms with van der Waals surface area (Å²) < 4.78 is 10.6. The summed E-state index contributed by atoms with van der Waals surface area (Å²) in [6.07, 6.45) is 0.491. The first-order valence-electron chi connectivity index (χ1n) is 5.37. The van der Waals surface area contributed by atoms with Crippen LogP contribution in [0.5, 0.6) is 11.5 Å². The van der Waals surface area contributed by atoms with Crippen molar-refractivity contribution in [3.05, 3.63) is 27.8 Å². The van der Waals surface area contributed by atoms with E-state index in [0.29, 0.717) is 17.7 Å². The largest absolute Gasteiger partial charge is 0.496 e. The monoisotopic (exact) mass is 238 g/mol. The third-order valence-electron chi connectivity index (χ3n) is 2.94. The van der Waals surface area contributed by atoms with Gasteiger partial charge in [-0.3, -0.25) is 10.1 Å². The number of nitro benzene ring substituents is 1. The summed E-state index contributed by atoms with van der Waals surface area (Å²) in [6.45, 7) is 1.93. The maximum Gasteiger partial charge on any atom is 0.314 e. The molecular weight excluding hydrogens is 224 g/mol. The fourth-order valence-corrected chi connectivity index (χ4v) is 2.00. The first-order chi connectivity index (χ1) is 8.08. The molecule has 1 heterocycles. The summed E-state index contributed by atoms with van der Waals surface area (Å²) in [4.78, 5) is 10.5. The molecule has 2 unspecified atom stereocenters. The van der Waals surface area contributed by atoms with Crippen LogP contribution >= 0.6 is 0 Å². The summed E-state index contributed by atoms with van der Waals surface area (Å²) >= 11 is 0. The number of hydrogen-bond acceptors (Lipinski definition) is 5. The Labute approximate surface area is 98.5 Å². The smallest absolute Gasteiger partial charge is 0.314 e. The molecule has 6 nitrogen and oxygen atoms in total. The van der Waals surface area contributed by atoms with Crippen molar-refractivity contribution in [1.82, 2.24) is 0 Å². The second kappa shape index (κ2) is 4.21. The standard InChI is InChI=1S/C11H14N2O4/c1-3-9-10(12)7-4-6(16-2)5-8(13(14)15)11(7)17-9/h4-5,9-10H,3,12H2,1-2H3. The van der Waals surface area contributed by atoms with E-state index in [-0.39, 0.29) is 23.6 Å². The van der Waals surface area contributed by atoms with E-state index in [4.69, 9.17) is 15.2 Å². The normalized spacial score (nSPS) is 21.8. The van der Waals surface area contributed by atoms with Crippen LogP contribution in [0.25, 0.3) is 0 Å². The van der Waals surface area contributed by atoms with E-state index in [1.165, 1.54) is 13.2 Å². The minimum absolute atomic E-state index is 0.0919. The molecule has 17 heavy (non-hydrogen) atoms. The Kier molecular flexibility index (Phi) is 2.89. The van der Waals surface area contributed by atoms with Crippen LogP contribution in [-0.4, -0.2) is 18.1 Å². The second-order valence-electron chi connectivity index (χ2n) is 3.91. The minimum atomic E-state index is -0.480. The maximum absolute atomic E-state index is 11.0. The number of ether oxygens (including phenoxy) is 2. The van der Waals surface area contributed by atoms with E-state index < -0.39 is 4.92 Å². The molecule has 2 atom stereocenters. The summed E-state index contributed by atoms with van der Waals surface area (Å²) in [6, 6.07) is 2.70. The zero-order chi connectivity index (χ0) is 12.6. The van der Waals surface area contributed by atoms with Gasteiger partial charge in [0.05, 0.1) is 24.1 Å². The average molecular weight is 238 g/mol. The number of nitrogens with two attached hydrogens (primary N) is 1. The van der Waals surface area contributed by atoms with E-state index in [9.17, 15) is 10.1 Å². The van der Waals surface area contributed by atoms with E-state index in [1.54, 1.807) is 6.07 Å². The maximum atomic E-state index is 11.0. The van der Waals surface area contributed by atoms with Gasteiger partial charge < -0.3 is 15.2 Å². The van der Waals surface area contributed by atoms with Crippen molar-refractivity contribution in [2.24, 2.45) is 5.73 Å². The number of methoxy groups -OCH3 is 1. The molecule has 0 saturated heterocycles. The van der Waals surface area contributed by atoms with Gasteiger partial charge in [0.25, 0.3) is 0 Å². The van der Waals surface area contributed by atoms with Crippen LogP contribution in [0.3, 0.4) is 0 Å². The van der Waals surface area contributed by atoms with Crippen molar-refractivity contribution in [3.8, 4) is 11.5 Å². The highest BCUT2D eigenvalue weighted by Crippen LogP contribution is 2.45. The van der Waals surface area contributed by atoms with Crippen molar-refractivity contribution < 1.29 is 14.4 Å². The average Bonchev–Trinajstić information content (AvgIpc) is 2.65. The van der Waals surface area contributed by atoms with Crippen LogP contribution in [-0.2, 0) is 0 Å². The van der Waals surface area contributed by atoms with E-state index >= 15 is 0 Å². The molecule has 1 aliphatic rings. The van der Waals surface area contributed by atoms with Gasteiger partial charge in [-0.25, -0.2) is 0 Å². The molecule has 1 aromatic rings. The Morgan fingerprint density at radius 3 is 2.82 bits per heavy atom. The van der Waals surface area contributed by atoms with Crippen molar-refractivity contribution in [3.63, 3.8) is 0 Å². The van der Waals surface area contributed by atoms with Crippen molar-refractivity contribution >= 4 is 5.69 Å². The molecule has 0 radical (unpaired) electrons. The van der Waals surface area contributed by atoms with Gasteiger partial charge in [-0.1, -0.05) is 6.92 Å². The van der Waals surface area contributed by atoms with Crippen LogP contribution in [0, 0.1) is 10.1 Å². The highest BCUT2D eigenvalue weighted by molar-refractivity contribution is 5.59. The highest BCUT2D eigenvalue weighted by atomic mass is 16.6. The lowest BCUT2D eigenvalue weighted by atomic mass is 10.0. The Morgan fingerprint density at radius 1 is 1.59 bits per heavy atom. The number of hydrogen-bond donors (Lipinski definition) is 1. The third kappa shape index (κ3) is 1.80. The SMILES string of the molecule is CCC1Oc2c(cc(OC)cc2[N+](=O)[O-])C1N. The van der Waals surface area contributed by atoms with Gasteiger partial charge in [0.15, 0.2) is 0 Å². The summed E-state index contributed by atoms with van der Waals surface area (Å²) in [5, 5.41) is 11.0. The molecule has 2 rings (SSSR count). The van der Waals surface area contributed by atoms with Crippen LogP contribution in [0.1, 0.15) is 24.9 Å². The molecule has 0 bridgehead atoms. The number of fused-ring (bicyclic) bond motifs is 1. The first-order valence-corrected chi connectivity index (χ1v) is 5.37. The van der Waals surface area contributed by atoms with E-state index in [2.05, 4.69) is 0 Å². The molecule has 0 amide bonds. The van der Waals surface area contributed by atoms with Gasteiger partial charge in [0.2, 0.25) is 5.75 Å². The lowest BCUT2D eigenvalue weighted by Gasteiger charge is -2.11. The number of nitro groups is 1. The molecule has 0 saturated carbocycles. The van der Waals surface area contributed by atoms with Crippen molar-refractivity contribution in [2.75, 3.05) is 7.11 Å². The van der Waals surface area contributed by atoms with Crippen molar-refractivity contribution in [1.29, 1.82) is 0 Å². The van der Waals surface area contributed by atoms with Gasteiger partial charge in [-0.2, -0.15) is 0 Å². The third-order valence-corrected chi connectivity index (χ3v) is 2.94. The van der Waals surface area contributed by atoms with Crippen LogP contribution in [0.2, 0.25) is 0 Å². The lowest BCUT2D eigenvalue weighted by molar-refractivity contribution is -0.385. The molecule has 0 spiro atoms. The number of nitrogens with zero attached hydrogens (tertiary/aromatic N) is 1. The summed E-state index contributed by atoms with van der Waals surface area (Å²) in [5.41, 5.74) is 6.54. The van der Waals surface area contributed by atoms with Gasteiger partial charge in [0, 0.05) is 5.56 Å². The Bertz CT molecular complexity index is 461. The predicted octanol–water partition coefficient (Wildman–Crippen LogP) is 1.77. The fourth-order valence-electron chi connectivity index (χ4n) is 2.00. The molecule has 92 valence electrons. The van der Waals surface area contributed by atoms with Gasteiger partial charge >= 0.3 is 5.69 Å². The number of benzene rings is 1. The van der Waals surface area contributed by atoms with Crippen LogP contribution in [0.15, 0.2) is 12.1 Å². The predicted molar refractivity (Wildman–Crippen MR) is 61.3 cm³/mol. The molecule has 0 aliphatic carbocycles. The van der Waals surface area contributed by atoms with Crippen LogP contribution in [0.4, 0.5) is 5.69 Å². The Morgan fingerprint density at radius 2 is 2.29 bits per heavy atom. The summed E-state index contributed by atoms with van der Waals surface area (Å²) in [7, 11) is 1.46. The fraction of sp³-hybridized carbons (Fsp3) is 0.455. The molecule has 1 aromatic carbocycles. The molecule has 6 heteroatoms. The molecular formula is C11H14N2O4. The quantitative estimate of drug-likeness (QED) is 0.640. The summed E-state index contributed by atoms with van der Waals surface area (Å²) in [5.74, 6) is 0.696. The molecule has 2 N–H and O–H groups in total. The zero-order valence-electron chi connectivity index (χ0n) is 9.67. The van der Waals surface area contributed by atoms with Crippen molar-refractivity contribution in [2.45, 2.75) is 25.5 Å². The molecule has 0 aromatic heterocycles. The first kappa shape index (κ1) is 11.7. The highest BCUT2D eigenvalue weighted by Gasteiger charge is 2.36. The topological polar surface area (TPSA) is 87.6 Å². The zero-order valence-corrected chi connectivity index (χ0v) is 9.67. The Hall–Kier alpha value is -1.82. The van der Waals surface area contributed by atoms with E-state index in [1.807, 2.05) is 6.92 Å². The second-order valence-corrected chi connectivity index (χ2v) is 3.91. The van der Waals surface area contributed by atoms with Gasteiger partial charge in [-0.05, 0) is 12.5 Å². The van der Waals surface area contributed by atoms with Gasteiger partial charge in [0.1, 0.15) is 11.9 Å². The molecule has 1 aliphatic heterocycles. The Balaban J connectivity index is 2.55. The van der Waals surface area contributed by atoms with Crippen LogP contribution < -0.4 is 15.2 Å². The molecule has 0 fully saturated rings. The lowest BCUT2D eigenvalue weighted by Crippen LogP contribution is -2.24. The van der Waals surface area contributed by atoms with Gasteiger partial charge in [-0.15, -0.1) is 0 Å². The minimum Gasteiger partial charge on any atom is -0.496 e. The van der Waals surface area contributed by atoms with E-state index in [0.717, 1.165) is 0 Å². The number of rotatable bonds is 3.